The number of nitriles is 1. The van der Waals surface area contributed by atoms with Crippen molar-refractivity contribution in [1.29, 1.82) is 10.7 Å². The molecular weight excluding hydrogens is 426 g/mol. The van der Waals surface area contributed by atoms with Crippen molar-refractivity contribution in [3.8, 4) is 6.07 Å². The highest BCUT2D eigenvalue weighted by atomic mass is 16.2. The standard InChI is InChI=1S/C26H33N7O/c1-29-8-9-30-15-21(14-28)22-12-20(13-27)25(31-24(22)18-4-5-18)32-10-11-33(26(34)19-6-7-19)23(16-32)17-2-3-17/h8,12,14-15,17-19,23,28,30H,2-7,9-11,16H2,1H3/b21-15+,28-14?,29-8+/t23-/m0/s1. The second-order valence-electron chi connectivity index (χ2n) is 9.93. The molecule has 1 aromatic heterocycles. The lowest BCUT2D eigenvalue weighted by Gasteiger charge is -2.43. The fourth-order valence-corrected chi connectivity index (χ4v) is 4.98. The van der Waals surface area contributed by atoms with Crippen LogP contribution in [0.5, 0.6) is 0 Å². The number of hydrogen-bond donors (Lipinski definition) is 2. The van der Waals surface area contributed by atoms with Crippen LogP contribution >= 0.6 is 0 Å². The summed E-state index contributed by atoms with van der Waals surface area (Å²) in [6, 6.07) is 4.50. The van der Waals surface area contributed by atoms with E-state index in [1.54, 1.807) is 13.3 Å². The molecule has 2 heterocycles. The quantitative estimate of drug-likeness (QED) is 0.436. The number of allylic oxidation sites excluding steroid dienone is 1. The molecule has 1 aromatic rings. The molecule has 3 aliphatic carbocycles. The number of piperazine rings is 1. The smallest absolute Gasteiger partial charge is 0.226 e. The van der Waals surface area contributed by atoms with E-state index in [1.807, 2.05) is 12.3 Å². The topological polar surface area (TPSA) is 108 Å². The minimum absolute atomic E-state index is 0.223. The van der Waals surface area contributed by atoms with Gasteiger partial charge in [0, 0.05) is 74.8 Å². The van der Waals surface area contributed by atoms with Gasteiger partial charge in [0.15, 0.2) is 0 Å². The van der Waals surface area contributed by atoms with Crippen molar-refractivity contribution in [3.05, 3.63) is 29.1 Å². The Labute approximate surface area is 201 Å². The van der Waals surface area contributed by atoms with Gasteiger partial charge < -0.3 is 20.5 Å². The lowest BCUT2D eigenvalue weighted by atomic mass is 9.99. The van der Waals surface area contributed by atoms with Gasteiger partial charge in [-0.05, 0) is 50.5 Å². The predicted octanol–water partition coefficient (Wildman–Crippen LogP) is 2.95. The van der Waals surface area contributed by atoms with Crippen LogP contribution in [0.3, 0.4) is 0 Å². The maximum atomic E-state index is 12.9. The van der Waals surface area contributed by atoms with E-state index >= 15 is 0 Å². The molecule has 3 saturated carbocycles. The van der Waals surface area contributed by atoms with E-state index < -0.39 is 0 Å². The van der Waals surface area contributed by atoms with E-state index in [2.05, 4.69) is 26.2 Å². The van der Waals surface area contributed by atoms with Crippen molar-refractivity contribution in [1.82, 2.24) is 15.2 Å². The van der Waals surface area contributed by atoms with Crippen molar-refractivity contribution in [2.24, 2.45) is 16.8 Å². The van der Waals surface area contributed by atoms with Crippen LogP contribution in [-0.2, 0) is 4.79 Å². The first-order valence-electron chi connectivity index (χ1n) is 12.5. The molecule has 8 nitrogen and oxygen atoms in total. The summed E-state index contributed by atoms with van der Waals surface area (Å²) < 4.78 is 0. The lowest BCUT2D eigenvalue weighted by molar-refractivity contribution is -0.135. The van der Waals surface area contributed by atoms with Crippen LogP contribution in [-0.4, -0.2) is 67.5 Å². The molecule has 0 unspecified atom stereocenters. The molecule has 0 radical (unpaired) electrons. The number of pyridine rings is 1. The van der Waals surface area contributed by atoms with E-state index in [0.717, 1.165) is 54.9 Å². The van der Waals surface area contributed by atoms with Crippen molar-refractivity contribution in [2.75, 3.05) is 38.1 Å². The van der Waals surface area contributed by atoms with E-state index in [-0.39, 0.29) is 12.0 Å². The Kier molecular flexibility index (Phi) is 6.36. The number of nitrogens with one attached hydrogen (secondary N) is 2. The van der Waals surface area contributed by atoms with Crippen LogP contribution in [0.15, 0.2) is 17.3 Å². The van der Waals surface area contributed by atoms with Gasteiger partial charge in [0.25, 0.3) is 0 Å². The number of carbonyl (C=O) groups is 1. The number of hydrogen-bond acceptors (Lipinski definition) is 7. The molecule has 5 rings (SSSR count). The summed E-state index contributed by atoms with van der Waals surface area (Å²) in [5.74, 6) is 2.26. The minimum Gasteiger partial charge on any atom is -0.385 e. The number of rotatable bonds is 9. The van der Waals surface area contributed by atoms with Crippen LogP contribution < -0.4 is 10.2 Å². The van der Waals surface area contributed by atoms with Gasteiger partial charge in [-0.3, -0.25) is 9.79 Å². The van der Waals surface area contributed by atoms with E-state index in [4.69, 9.17) is 10.4 Å². The van der Waals surface area contributed by atoms with E-state index in [0.29, 0.717) is 42.9 Å². The van der Waals surface area contributed by atoms with E-state index in [9.17, 15) is 10.1 Å². The summed E-state index contributed by atoms with van der Waals surface area (Å²) >= 11 is 0. The van der Waals surface area contributed by atoms with Crippen LogP contribution in [0.4, 0.5) is 5.82 Å². The highest BCUT2D eigenvalue weighted by Gasteiger charge is 2.45. The Bertz CT molecular complexity index is 1060. The minimum atomic E-state index is 0.223. The summed E-state index contributed by atoms with van der Waals surface area (Å²) in [6.45, 7) is 2.74. The average Bonchev–Trinajstić information content (AvgIpc) is 3.73. The van der Waals surface area contributed by atoms with Gasteiger partial charge in [-0.2, -0.15) is 5.26 Å². The zero-order valence-electron chi connectivity index (χ0n) is 19.8. The second kappa shape index (κ2) is 9.57. The molecule has 0 bridgehead atoms. The van der Waals surface area contributed by atoms with Crippen molar-refractivity contribution >= 4 is 29.7 Å². The molecule has 34 heavy (non-hydrogen) atoms. The summed E-state index contributed by atoms with van der Waals surface area (Å²) in [7, 11) is 1.73. The van der Waals surface area contributed by atoms with Crippen molar-refractivity contribution in [3.63, 3.8) is 0 Å². The predicted molar refractivity (Wildman–Crippen MR) is 133 cm³/mol. The fraction of sp³-hybridized carbons (Fsp3) is 0.577. The monoisotopic (exact) mass is 459 g/mol. The summed E-state index contributed by atoms with van der Waals surface area (Å²) in [5, 5.41) is 21.2. The average molecular weight is 460 g/mol. The van der Waals surface area contributed by atoms with Crippen molar-refractivity contribution in [2.45, 2.75) is 50.5 Å². The largest absolute Gasteiger partial charge is 0.385 e. The first-order valence-corrected chi connectivity index (χ1v) is 12.5. The number of carbonyl (C=O) groups excluding carboxylic acids is 1. The maximum Gasteiger partial charge on any atom is 0.226 e. The molecule has 0 spiro atoms. The third-order valence-electron chi connectivity index (χ3n) is 7.33. The summed E-state index contributed by atoms with van der Waals surface area (Å²) in [6.07, 6.45) is 11.5. The van der Waals surface area contributed by atoms with Gasteiger partial charge >= 0.3 is 0 Å². The Morgan fingerprint density at radius 2 is 2.09 bits per heavy atom. The zero-order valence-corrected chi connectivity index (χ0v) is 19.8. The normalized spacial score (nSPS) is 23.2. The molecule has 1 amide bonds. The van der Waals surface area contributed by atoms with Crippen LogP contribution in [0.2, 0.25) is 0 Å². The molecule has 1 atom stereocenters. The van der Waals surface area contributed by atoms with E-state index in [1.165, 1.54) is 19.1 Å². The number of nitrogens with zero attached hydrogens (tertiary/aromatic N) is 5. The summed E-state index contributed by atoms with van der Waals surface area (Å²) in [4.78, 5) is 26.3. The van der Waals surface area contributed by atoms with Gasteiger partial charge in [-0.15, -0.1) is 0 Å². The first kappa shape index (κ1) is 22.6. The number of aliphatic imine (C=N–C) groups is 1. The van der Waals surface area contributed by atoms with Crippen LogP contribution in [0, 0.1) is 28.6 Å². The van der Waals surface area contributed by atoms with Crippen LogP contribution in [0.1, 0.15) is 61.3 Å². The van der Waals surface area contributed by atoms with Gasteiger partial charge in [0.2, 0.25) is 5.91 Å². The molecule has 1 aliphatic heterocycles. The zero-order chi connectivity index (χ0) is 23.7. The van der Waals surface area contributed by atoms with Gasteiger partial charge in [0.1, 0.15) is 11.9 Å². The summed E-state index contributed by atoms with van der Waals surface area (Å²) in [5.41, 5.74) is 3.10. The maximum absolute atomic E-state index is 12.9. The molecule has 8 heteroatoms. The van der Waals surface area contributed by atoms with Gasteiger partial charge in [-0.1, -0.05) is 0 Å². The third kappa shape index (κ3) is 4.70. The Hall–Kier alpha value is -3.21. The number of anilines is 1. The third-order valence-corrected chi connectivity index (χ3v) is 7.33. The molecule has 0 aromatic carbocycles. The SMILES string of the molecule is C/N=C/CN/C=C(\C=N)c1cc(C#N)c(N2CCN(C(=O)C3CC3)[C@H](C3CC3)C2)nc1C1CC1. The Balaban J connectivity index is 1.44. The molecule has 1 saturated heterocycles. The van der Waals surface area contributed by atoms with Gasteiger partial charge in [0.05, 0.1) is 17.3 Å². The van der Waals surface area contributed by atoms with Crippen LogP contribution in [0.25, 0.3) is 5.57 Å². The Morgan fingerprint density at radius 1 is 1.29 bits per heavy atom. The molecule has 4 aliphatic rings. The van der Waals surface area contributed by atoms with Crippen molar-refractivity contribution < 1.29 is 4.79 Å². The Morgan fingerprint density at radius 3 is 2.71 bits per heavy atom. The fourth-order valence-electron chi connectivity index (χ4n) is 4.98. The highest BCUT2D eigenvalue weighted by molar-refractivity contribution is 6.09. The molecule has 178 valence electrons. The highest BCUT2D eigenvalue weighted by Crippen LogP contribution is 2.44. The molecule has 4 fully saturated rings. The lowest BCUT2D eigenvalue weighted by Crippen LogP contribution is -2.57. The molecular formula is C26H33N7O. The van der Waals surface area contributed by atoms with Gasteiger partial charge in [-0.25, -0.2) is 4.98 Å². The second-order valence-corrected chi connectivity index (χ2v) is 9.93. The molecule has 2 N–H and O–H groups in total. The number of amides is 1. The number of aromatic nitrogens is 1. The first-order chi connectivity index (χ1) is 16.6.